The largest absolute Gasteiger partial charge is 0.393 e. The molecule has 2 N–H and O–H groups in total. The van der Waals surface area contributed by atoms with Crippen LogP contribution in [0.15, 0.2) is 53.4 Å². The summed E-state index contributed by atoms with van der Waals surface area (Å²) in [6, 6.07) is 11.8. The zero-order valence-corrected chi connectivity index (χ0v) is 14.2. The lowest BCUT2D eigenvalue weighted by atomic mass is 10.1. The molecule has 0 radical (unpaired) electrons. The first-order valence-corrected chi connectivity index (χ1v) is 9.20. The third kappa shape index (κ3) is 2.98. The van der Waals surface area contributed by atoms with Crippen LogP contribution in [-0.4, -0.2) is 18.7 Å². The van der Waals surface area contributed by atoms with Crippen LogP contribution in [0.3, 0.4) is 0 Å². The smallest absolute Gasteiger partial charge is 0.182 e. The van der Waals surface area contributed by atoms with E-state index < -0.39 is 32.7 Å². The summed E-state index contributed by atoms with van der Waals surface area (Å²) in [5.74, 6) is -1.34. The molecular weight excluding hydrogens is 357 g/mol. The molecule has 3 nitrogen and oxygen atoms in total. The van der Waals surface area contributed by atoms with Crippen molar-refractivity contribution in [3.05, 3.63) is 64.9 Å². The third-order valence-corrected chi connectivity index (χ3v) is 6.77. The van der Waals surface area contributed by atoms with E-state index in [0.717, 1.165) is 0 Å². The van der Waals surface area contributed by atoms with Gasteiger partial charge in [0.25, 0.3) is 0 Å². The maximum absolute atomic E-state index is 13.4. The van der Waals surface area contributed by atoms with Gasteiger partial charge in [0, 0.05) is 16.9 Å². The van der Waals surface area contributed by atoms with Crippen molar-refractivity contribution in [2.75, 3.05) is 0 Å². The van der Waals surface area contributed by atoms with Gasteiger partial charge in [-0.3, -0.25) is 0 Å². The summed E-state index contributed by atoms with van der Waals surface area (Å²) in [6.07, 6.45) is 0. The van der Waals surface area contributed by atoms with E-state index >= 15 is 0 Å². The number of nitrogens with two attached hydrogens (primary N) is 1. The molecule has 0 heterocycles. The van der Waals surface area contributed by atoms with Gasteiger partial charge in [-0.2, -0.15) is 0 Å². The number of rotatable bonds is 4. The molecule has 2 aromatic carbocycles. The molecule has 0 spiro atoms. The highest BCUT2D eigenvalue weighted by atomic mass is 35.5. The first-order valence-electron chi connectivity index (χ1n) is 6.86. The Hall–Kier alpha value is -1.50. The molecule has 1 aliphatic carbocycles. The molecule has 1 saturated carbocycles. The van der Waals surface area contributed by atoms with E-state index in [2.05, 4.69) is 0 Å². The van der Waals surface area contributed by atoms with Crippen molar-refractivity contribution < 1.29 is 12.8 Å². The molecule has 3 rings (SSSR count). The number of sulfone groups is 1. The molecule has 0 saturated heterocycles. The van der Waals surface area contributed by atoms with Gasteiger partial charge in [0.15, 0.2) is 9.84 Å². The van der Waals surface area contributed by atoms with Crippen molar-refractivity contribution >= 4 is 38.6 Å². The van der Waals surface area contributed by atoms with E-state index in [-0.39, 0.29) is 9.88 Å². The monoisotopic (exact) mass is 369 g/mol. The first-order chi connectivity index (χ1) is 10.8. The zero-order chi connectivity index (χ0) is 16.8. The van der Waals surface area contributed by atoms with Gasteiger partial charge in [-0.15, -0.1) is 0 Å². The highest BCUT2D eigenvalue weighted by Crippen LogP contribution is 2.54. The molecule has 0 aromatic heterocycles. The summed E-state index contributed by atoms with van der Waals surface area (Å²) in [5, 5.41) is -0.324. The van der Waals surface area contributed by atoms with E-state index in [0.29, 0.717) is 10.6 Å². The Bertz CT molecular complexity index is 868. The van der Waals surface area contributed by atoms with E-state index in [1.165, 1.54) is 36.4 Å². The lowest BCUT2D eigenvalue weighted by Crippen LogP contribution is -2.17. The predicted octanol–water partition coefficient (Wildman–Crippen LogP) is 3.32. The summed E-state index contributed by atoms with van der Waals surface area (Å²) in [4.78, 5) is 0.286. The van der Waals surface area contributed by atoms with Crippen LogP contribution in [-0.2, 0) is 9.84 Å². The normalized spacial score (nSPS) is 23.5. The average Bonchev–Trinajstić information content (AvgIpc) is 3.24. The van der Waals surface area contributed by atoms with Gasteiger partial charge in [0.1, 0.15) is 5.82 Å². The van der Waals surface area contributed by atoms with Crippen LogP contribution in [0.4, 0.5) is 4.39 Å². The lowest BCUT2D eigenvalue weighted by Gasteiger charge is -2.04. The topological polar surface area (TPSA) is 60.2 Å². The summed E-state index contributed by atoms with van der Waals surface area (Å²) in [5.41, 5.74) is 6.29. The summed E-state index contributed by atoms with van der Waals surface area (Å²) >= 11 is 10.8. The molecule has 1 fully saturated rings. The number of halogens is 2. The third-order valence-electron chi connectivity index (χ3n) is 4.02. The van der Waals surface area contributed by atoms with Gasteiger partial charge in [-0.05, 0) is 42.0 Å². The van der Waals surface area contributed by atoms with Crippen LogP contribution in [0, 0.1) is 11.7 Å². The van der Waals surface area contributed by atoms with E-state index in [9.17, 15) is 12.8 Å². The second-order valence-corrected chi connectivity index (χ2v) is 8.49. The minimum absolute atomic E-state index is 0.127. The maximum atomic E-state index is 13.4. The fraction of sp³-hybridized carbons (Fsp3) is 0.188. The quantitative estimate of drug-likeness (QED) is 0.840. The van der Waals surface area contributed by atoms with Crippen LogP contribution in [0.2, 0.25) is 5.02 Å². The second-order valence-electron chi connectivity index (χ2n) is 5.47. The maximum Gasteiger partial charge on any atom is 0.182 e. The van der Waals surface area contributed by atoms with Crippen LogP contribution >= 0.6 is 23.8 Å². The lowest BCUT2D eigenvalue weighted by molar-refractivity contribution is 0.593. The molecule has 3 atom stereocenters. The van der Waals surface area contributed by atoms with Crippen molar-refractivity contribution in [2.24, 2.45) is 11.7 Å². The fourth-order valence-corrected chi connectivity index (χ4v) is 5.56. The Kier molecular flexibility index (Phi) is 4.16. The van der Waals surface area contributed by atoms with Crippen molar-refractivity contribution in [3.63, 3.8) is 0 Å². The van der Waals surface area contributed by atoms with Gasteiger partial charge < -0.3 is 5.73 Å². The Morgan fingerprint density at radius 1 is 1.17 bits per heavy atom. The van der Waals surface area contributed by atoms with E-state index in [4.69, 9.17) is 29.6 Å². The van der Waals surface area contributed by atoms with Gasteiger partial charge in [-0.25, -0.2) is 12.8 Å². The van der Waals surface area contributed by atoms with Gasteiger partial charge in [0.2, 0.25) is 0 Å². The van der Waals surface area contributed by atoms with E-state index in [1.54, 1.807) is 12.1 Å². The fourth-order valence-electron chi connectivity index (χ4n) is 2.90. The van der Waals surface area contributed by atoms with Crippen LogP contribution in [0.5, 0.6) is 0 Å². The molecule has 2 aromatic rings. The van der Waals surface area contributed by atoms with Crippen LogP contribution < -0.4 is 5.73 Å². The molecule has 0 amide bonds. The number of thiocarbonyl (C=S) groups is 1. The van der Waals surface area contributed by atoms with Crippen LogP contribution in [0.25, 0.3) is 0 Å². The highest BCUT2D eigenvalue weighted by molar-refractivity contribution is 7.92. The molecule has 0 bridgehead atoms. The van der Waals surface area contributed by atoms with Crippen molar-refractivity contribution in [1.82, 2.24) is 0 Å². The van der Waals surface area contributed by atoms with Gasteiger partial charge >= 0.3 is 0 Å². The molecular formula is C16H13ClFNO2S2. The van der Waals surface area contributed by atoms with Crippen LogP contribution in [0.1, 0.15) is 11.5 Å². The molecule has 0 aliphatic heterocycles. The van der Waals surface area contributed by atoms with E-state index in [1.807, 2.05) is 0 Å². The standard InChI is InChI=1S/C16H13ClFNO2S2/c17-10-4-6-12(7-5-10)23(20,21)15-13(14(15)16(19)22)9-2-1-3-11(18)8-9/h1-8,13-15H,(H2,19,22). The minimum atomic E-state index is -3.64. The summed E-state index contributed by atoms with van der Waals surface area (Å²) in [6.45, 7) is 0. The number of hydrogen-bond donors (Lipinski definition) is 1. The number of benzene rings is 2. The predicted molar refractivity (Wildman–Crippen MR) is 91.8 cm³/mol. The zero-order valence-electron chi connectivity index (χ0n) is 11.8. The summed E-state index contributed by atoms with van der Waals surface area (Å²) < 4.78 is 39.1. The first kappa shape index (κ1) is 16.4. The molecule has 120 valence electrons. The van der Waals surface area contributed by atoms with Crippen molar-refractivity contribution in [2.45, 2.75) is 16.1 Å². The number of hydrogen-bond acceptors (Lipinski definition) is 3. The second kappa shape index (κ2) is 5.85. The Labute approximate surface area is 144 Å². The SMILES string of the molecule is NC(=S)C1C(c2cccc(F)c2)C1S(=O)(=O)c1ccc(Cl)cc1. The average molecular weight is 370 g/mol. The molecule has 1 aliphatic rings. The molecule has 23 heavy (non-hydrogen) atoms. The molecule has 7 heteroatoms. The van der Waals surface area contributed by atoms with Crippen molar-refractivity contribution in [3.8, 4) is 0 Å². The Morgan fingerprint density at radius 3 is 2.39 bits per heavy atom. The van der Waals surface area contributed by atoms with Gasteiger partial charge in [-0.1, -0.05) is 36.0 Å². The highest BCUT2D eigenvalue weighted by Gasteiger charge is 2.60. The Morgan fingerprint density at radius 2 is 1.83 bits per heavy atom. The molecule has 3 unspecified atom stereocenters. The summed E-state index contributed by atoms with van der Waals surface area (Å²) in [7, 11) is -3.64. The minimum Gasteiger partial charge on any atom is -0.393 e. The van der Waals surface area contributed by atoms with Crippen molar-refractivity contribution in [1.29, 1.82) is 0 Å². The Balaban J connectivity index is 2.00. The van der Waals surface area contributed by atoms with Gasteiger partial charge in [0.05, 0.1) is 15.1 Å².